The van der Waals surface area contributed by atoms with E-state index in [1.807, 2.05) is 0 Å². The number of nitrogens with zero attached hydrogens (tertiary/aromatic N) is 4. The highest BCUT2D eigenvalue weighted by atomic mass is 35.5. The van der Waals surface area contributed by atoms with Gasteiger partial charge >= 0.3 is 22.4 Å². The zero-order valence-corrected chi connectivity index (χ0v) is 19.2. The topological polar surface area (TPSA) is 150 Å². The molecule has 0 bridgehead atoms. The van der Waals surface area contributed by atoms with E-state index in [2.05, 4.69) is 10.2 Å². The predicted molar refractivity (Wildman–Crippen MR) is 115 cm³/mol. The number of amides is 1. The molecule has 1 heterocycles. The van der Waals surface area contributed by atoms with Gasteiger partial charge in [0.1, 0.15) is 17.2 Å². The van der Waals surface area contributed by atoms with Gasteiger partial charge in [-0.25, -0.2) is 9.10 Å². The van der Waals surface area contributed by atoms with Crippen molar-refractivity contribution in [2.75, 3.05) is 23.9 Å². The molecule has 1 aromatic heterocycles. The van der Waals surface area contributed by atoms with Crippen molar-refractivity contribution in [2.24, 2.45) is 0 Å². The van der Waals surface area contributed by atoms with Crippen molar-refractivity contribution < 1.29 is 32.4 Å². The van der Waals surface area contributed by atoms with Crippen LogP contribution in [0.2, 0.25) is 5.02 Å². The fourth-order valence-corrected chi connectivity index (χ4v) is 4.12. The van der Waals surface area contributed by atoms with Crippen molar-refractivity contribution in [3.63, 3.8) is 0 Å². The molecule has 0 saturated carbocycles. The third-order valence-electron chi connectivity index (χ3n) is 3.55. The van der Waals surface area contributed by atoms with Crippen LogP contribution in [0, 0.1) is 0 Å². The second-order valence-electron chi connectivity index (χ2n) is 7.24. The van der Waals surface area contributed by atoms with E-state index in [0.29, 0.717) is 19.9 Å². The Bertz CT molecular complexity index is 1040. The summed E-state index contributed by atoms with van der Waals surface area (Å²) in [6, 6.07) is 6.59. The lowest BCUT2D eigenvalue weighted by Gasteiger charge is -2.27. The van der Waals surface area contributed by atoms with Gasteiger partial charge in [-0.05, 0) is 32.9 Å². The summed E-state index contributed by atoms with van der Waals surface area (Å²) in [6.45, 7) is 3.24. The SMILES string of the molecule is CC(C)(C)OC(=O)N(CCN(c1nnc(-c2ccc(Cl)cc2)s1)S(=O)(=O)O)CC(=O)O. The normalized spacial score (nSPS) is 11.8. The molecule has 2 rings (SSSR count). The van der Waals surface area contributed by atoms with Gasteiger partial charge in [-0.15, -0.1) is 10.2 Å². The lowest BCUT2D eigenvalue weighted by atomic mass is 10.2. The molecule has 0 radical (unpaired) electrons. The van der Waals surface area contributed by atoms with Crippen LogP contribution in [0.4, 0.5) is 9.93 Å². The highest BCUT2D eigenvalue weighted by Gasteiger charge is 2.28. The molecule has 0 spiro atoms. The van der Waals surface area contributed by atoms with E-state index in [0.717, 1.165) is 16.2 Å². The minimum atomic E-state index is -4.78. The van der Waals surface area contributed by atoms with E-state index in [-0.39, 0.29) is 11.7 Å². The van der Waals surface area contributed by atoms with E-state index in [4.69, 9.17) is 21.4 Å². The Labute approximate surface area is 188 Å². The van der Waals surface area contributed by atoms with Gasteiger partial charge in [-0.3, -0.25) is 14.2 Å². The van der Waals surface area contributed by atoms with E-state index >= 15 is 0 Å². The lowest BCUT2D eigenvalue weighted by molar-refractivity contribution is -0.138. The number of carboxylic acids is 1. The van der Waals surface area contributed by atoms with Crippen molar-refractivity contribution in [1.29, 1.82) is 0 Å². The van der Waals surface area contributed by atoms with Gasteiger partial charge in [-0.2, -0.15) is 8.42 Å². The first-order valence-electron chi connectivity index (χ1n) is 8.80. The molecule has 0 saturated heterocycles. The van der Waals surface area contributed by atoms with Crippen LogP contribution in [0.5, 0.6) is 0 Å². The van der Waals surface area contributed by atoms with Crippen LogP contribution in [-0.4, -0.2) is 70.5 Å². The summed E-state index contributed by atoms with van der Waals surface area (Å²) in [7, 11) is -4.78. The van der Waals surface area contributed by atoms with Gasteiger partial charge in [0.2, 0.25) is 5.13 Å². The molecular weight excluding hydrogens is 472 g/mol. The fourth-order valence-electron chi connectivity index (χ4n) is 2.27. The molecule has 1 amide bonds. The molecule has 170 valence electrons. The third-order valence-corrected chi connectivity index (χ3v) is 5.82. The number of ether oxygens (including phenoxy) is 1. The van der Waals surface area contributed by atoms with Crippen LogP contribution in [0.25, 0.3) is 10.6 Å². The maximum absolute atomic E-state index is 12.3. The van der Waals surface area contributed by atoms with E-state index in [1.165, 1.54) is 0 Å². The van der Waals surface area contributed by atoms with Crippen molar-refractivity contribution in [3.8, 4) is 10.6 Å². The van der Waals surface area contributed by atoms with Gasteiger partial charge in [0.05, 0.1) is 6.54 Å². The second kappa shape index (κ2) is 9.77. The molecule has 0 unspecified atom stereocenters. The van der Waals surface area contributed by atoms with Crippen LogP contribution in [0.15, 0.2) is 24.3 Å². The summed E-state index contributed by atoms with van der Waals surface area (Å²) in [5.74, 6) is -1.31. The molecule has 2 N–H and O–H groups in total. The van der Waals surface area contributed by atoms with Gasteiger partial charge in [-0.1, -0.05) is 35.1 Å². The van der Waals surface area contributed by atoms with E-state index < -0.39 is 41.1 Å². The number of aromatic nitrogens is 2. The maximum Gasteiger partial charge on any atom is 0.410 e. The first kappa shape index (κ1) is 24.8. The highest BCUT2D eigenvalue weighted by Crippen LogP contribution is 2.30. The lowest BCUT2D eigenvalue weighted by Crippen LogP contribution is -2.45. The van der Waals surface area contributed by atoms with E-state index in [1.54, 1.807) is 45.0 Å². The number of halogens is 1. The van der Waals surface area contributed by atoms with Crippen LogP contribution in [-0.2, 0) is 19.8 Å². The summed E-state index contributed by atoms with van der Waals surface area (Å²) < 4.78 is 39.1. The molecule has 0 atom stereocenters. The van der Waals surface area contributed by atoms with Crippen LogP contribution in [0.1, 0.15) is 20.8 Å². The summed E-state index contributed by atoms with van der Waals surface area (Å²) in [6.07, 6.45) is -0.940. The second-order valence-corrected chi connectivity index (χ2v) is 9.97. The molecule has 0 aliphatic heterocycles. The van der Waals surface area contributed by atoms with Gasteiger partial charge in [0.15, 0.2) is 0 Å². The Morgan fingerprint density at radius 1 is 1.16 bits per heavy atom. The van der Waals surface area contributed by atoms with Gasteiger partial charge in [0.25, 0.3) is 0 Å². The smallest absolute Gasteiger partial charge is 0.410 e. The van der Waals surface area contributed by atoms with Crippen molar-refractivity contribution in [1.82, 2.24) is 15.1 Å². The average molecular weight is 493 g/mol. The number of rotatable bonds is 8. The molecule has 2 aromatic rings. The standard InChI is InChI=1S/C17H21ClN4O7S2/c1-17(2,3)29-16(25)21(10-13(23)24)8-9-22(31(26,27)28)15-20-19-14(30-15)11-4-6-12(18)7-5-11/h4-7H,8-10H2,1-3H3,(H,23,24)(H,26,27,28). The first-order chi connectivity index (χ1) is 14.3. The largest absolute Gasteiger partial charge is 0.480 e. The quantitative estimate of drug-likeness (QED) is 0.530. The Kier molecular flexibility index (Phi) is 7.81. The van der Waals surface area contributed by atoms with Gasteiger partial charge < -0.3 is 9.84 Å². The molecule has 0 fully saturated rings. The number of carbonyl (C=O) groups excluding carboxylic acids is 1. The minimum Gasteiger partial charge on any atom is -0.480 e. The summed E-state index contributed by atoms with van der Waals surface area (Å²) in [5, 5.41) is 17.5. The Morgan fingerprint density at radius 2 is 1.77 bits per heavy atom. The number of anilines is 1. The predicted octanol–water partition coefficient (Wildman–Crippen LogP) is 2.79. The Hall–Kier alpha value is -2.48. The molecule has 0 aliphatic carbocycles. The maximum atomic E-state index is 12.3. The van der Waals surface area contributed by atoms with Crippen LogP contribution >= 0.6 is 22.9 Å². The molecular formula is C17H21ClN4O7S2. The third kappa shape index (κ3) is 7.61. The van der Waals surface area contributed by atoms with E-state index in [9.17, 15) is 22.6 Å². The number of hydrogen-bond donors (Lipinski definition) is 2. The minimum absolute atomic E-state index is 0.160. The molecule has 31 heavy (non-hydrogen) atoms. The van der Waals surface area contributed by atoms with Crippen molar-refractivity contribution >= 4 is 50.4 Å². The van der Waals surface area contributed by atoms with Gasteiger partial charge in [0, 0.05) is 17.1 Å². The zero-order valence-electron chi connectivity index (χ0n) is 16.8. The van der Waals surface area contributed by atoms with Crippen molar-refractivity contribution in [2.45, 2.75) is 26.4 Å². The number of carbonyl (C=O) groups is 2. The Balaban J connectivity index is 2.23. The summed E-state index contributed by atoms with van der Waals surface area (Å²) in [5.41, 5.74) is -0.256. The molecule has 11 nitrogen and oxygen atoms in total. The van der Waals surface area contributed by atoms with Crippen LogP contribution < -0.4 is 4.31 Å². The number of aliphatic carboxylic acids is 1. The number of benzene rings is 1. The zero-order chi connectivity index (χ0) is 23.4. The molecule has 14 heteroatoms. The van der Waals surface area contributed by atoms with Crippen LogP contribution in [0.3, 0.4) is 0 Å². The fraction of sp³-hybridized carbons (Fsp3) is 0.412. The summed E-state index contributed by atoms with van der Waals surface area (Å²) in [4.78, 5) is 24.2. The number of hydrogen-bond acceptors (Lipinski definition) is 8. The average Bonchev–Trinajstić information content (AvgIpc) is 3.08. The first-order valence-corrected chi connectivity index (χ1v) is 11.4. The highest BCUT2D eigenvalue weighted by molar-refractivity contribution is 7.87. The monoisotopic (exact) mass is 492 g/mol. The molecule has 0 aliphatic rings. The number of carboxylic acid groups (broad SMARTS) is 1. The van der Waals surface area contributed by atoms with Crippen molar-refractivity contribution in [3.05, 3.63) is 29.3 Å². The Morgan fingerprint density at radius 3 is 2.29 bits per heavy atom. The molecule has 1 aromatic carbocycles. The summed E-state index contributed by atoms with van der Waals surface area (Å²) >= 11 is 6.73.